The summed E-state index contributed by atoms with van der Waals surface area (Å²) in [5.41, 5.74) is 6.64. The number of carbonyl (C=O) groups is 3. The van der Waals surface area contributed by atoms with Crippen LogP contribution in [0.2, 0.25) is 0 Å². The van der Waals surface area contributed by atoms with E-state index >= 15 is 0 Å². The number of fused-ring (bicyclic) bond motifs is 1. The zero-order valence-corrected chi connectivity index (χ0v) is 15.6. The van der Waals surface area contributed by atoms with Crippen LogP contribution in [-0.4, -0.2) is 29.4 Å². The van der Waals surface area contributed by atoms with Crippen LogP contribution < -0.4 is 11.1 Å². The Morgan fingerprint density at radius 3 is 2.62 bits per heavy atom. The summed E-state index contributed by atoms with van der Waals surface area (Å²) < 4.78 is 5.86. The third-order valence-electron chi connectivity index (χ3n) is 3.57. The van der Waals surface area contributed by atoms with E-state index in [0.29, 0.717) is 11.1 Å². The molecule has 2 amide bonds. The Morgan fingerprint density at radius 1 is 1.23 bits per heavy atom. The molecule has 7 nitrogen and oxygen atoms in total. The summed E-state index contributed by atoms with van der Waals surface area (Å²) in [6.07, 6.45) is 0. The zero-order valence-electron chi connectivity index (χ0n) is 14.0. The average molecular weight is 389 g/mol. The van der Waals surface area contributed by atoms with Gasteiger partial charge in [-0.15, -0.1) is 22.7 Å². The second-order valence-corrected chi connectivity index (χ2v) is 7.34. The lowest BCUT2D eigenvalue weighted by molar-refractivity contribution is 0.0531. The molecule has 1 aromatic carbocycles. The highest BCUT2D eigenvalue weighted by Crippen LogP contribution is 2.34. The van der Waals surface area contributed by atoms with Crippen LogP contribution in [0.1, 0.15) is 42.3 Å². The highest BCUT2D eigenvalue weighted by molar-refractivity contribution is 7.21. The number of hydrogen-bond acceptors (Lipinski definition) is 7. The molecule has 0 bridgehead atoms. The summed E-state index contributed by atoms with van der Waals surface area (Å²) in [4.78, 5) is 40.9. The van der Waals surface area contributed by atoms with E-state index in [9.17, 15) is 14.4 Å². The number of aromatic nitrogens is 1. The number of ether oxygens (including phenoxy) is 1. The van der Waals surface area contributed by atoms with Gasteiger partial charge in [-0.25, -0.2) is 9.78 Å². The molecule has 134 valence electrons. The van der Waals surface area contributed by atoms with Crippen LogP contribution >= 0.6 is 22.7 Å². The van der Waals surface area contributed by atoms with Crippen LogP contribution in [0.5, 0.6) is 0 Å². The Balaban J connectivity index is 1.95. The fourth-order valence-electron chi connectivity index (χ4n) is 2.42. The monoisotopic (exact) mass is 389 g/mol. The van der Waals surface area contributed by atoms with Crippen LogP contribution in [0.15, 0.2) is 24.3 Å². The maximum absolute atomic E-state index is 12.5. The number of nitrogens with one attached hydrogen (secondary N) is 1. The van der Waals surface area contributed by atoms with E-state index in [4.69, 9.17) is 10.5 Å². The van der Waals surface area contributed by atoms with Crippen molar-refractivity contribution in [3.63, 3.8) is 0 Å². The molecule has 0 fully saturated rings. The first-order chi connectivity index (χ1) is 12.4. The average Bonchev–Trinajstić information content (AvgIpc) is 3.16. The second kappa shape index (κ2) is 7.22. The number of anilines is 1. The van der Waals surface area contributed by atoms with Gasteiger partial charge in [0.2, 0.25) is 0 Å². The minimum Gasteiger partial charge on any atom is -0.462 e. The van der Waals surface area contributed by atoms with E-state index in [2.05, 4.69) is 10.3 Å². The van der Waals surface area contributed by atoms with Crippen molar-refractivity contribution in [2.24, 2.45) is 5.73 Å². The summed E-state index contributed by atoms with van der Waals surface area (Å²) in [6.45, 7) is 3.48. The maximum Gasteiger partial charge on any atom is 0.348 e. The first-order valence-electron chi connectivity index (χ1n) is 7.69. The lowest BCUT2D eigenvalue weighted by Crippen LogP contribution is -2.17. The second-order valence-electron chi connectivity index (χ2n) is 5.29. The van der Waals surface area contributed by atoms with Gasteiger partial charge >= 0.3 is 5.97 Å². The van der Waals surface area contributed by atoms with Gasteiger partial charge in [0.1, 0.15) is 9.88 Å². The van der Waals surface area contributed by atoms with E-state index in [1.807, 2.05) is 24.3 Å². The highest BCUT2D eigenvalue weighted by atomic mass is 32.1. The van der Waals surface area contributed by atoms with E-state index in [1.165, 1.54) is 11.3 Å². The number of rotatable bonds is 5. The smallest absolute Gasteiger partial charge is 0.348 e. The van der Waals surface area contributed by atoms with Crippen molar-refractivity contribution in [1.82, 2.24) is 4.98 Å². The number of primary amides is 1. The number of para-hydroxylation sites is 1. The lowest BCUT2D eigenvalue weighted by Gasteiger charge is -2.02. The minimum atomic E-state index is -0.728. The standard InChI is InChI=1S/C17H15N3O4S2/c1-3-24-17(23)12-8(2)11(13(18)21)15(26-12)20-14(22)16-19-9-6-4-5-7-10(9)25-16/h4-7H,3H2,1-2H3,(H2,18,21)(H,20,22). The van der Waals surface area contributed by atoms with Crippen molar-refractivity contribution in [2.75, 3.05) is 11.9 Å². The Morgan fingerprint density at radius 2 is 1.96 bits per heavy atom. The topological polar surface area (TPSA) is 111 Å². The molecule has 0 radical (unpaired) electrons. The fraction of sp³-hybridized carbons (Fsp3) is 0.176. The van der Waals surface area contributed by atoms with Gasteiger partial charge in [0.05, 0.1) is 22.4 Å². The normalized spacial score (nSPS) is 10.7. The van der Waals surface area contributed by atoms with E-state index in [0.717, 1.165) is 16.0 Å². The van der Waals surface area contributed by atoms with Crippen LogP contribution in [0.25, 0.3) is 10.2 Å². The molecule has 0 saturated heterocycles. The lowest BCUT2D eigenvalue weighted by atomic mass is 10.1. The third-order valence-corrected chi connectivity index (χ3v) is 5.79. The van der Waals surface area contributed by atoms with Crippen LogP contribution in [-0.2, 0) is 4.74 Å². The summed E-state index contributed by atoms with van der Waals surface area (Å²) in [5.74, 6) is -1.75. The van der Waals surface area contributed by atoms with Crippen molar-refractivity contribution in [3.8, 4) is 0 Å². The number of carbonyl (C=O) groups excluding carboxylic acids is 3. The molecule has 2 aromatic heterocycles. The number of nitrogens with zero attached hydrogens (tertiary/aromatic N) is 1. The van der Waals surface area contributed by atoms with E-state index < -0.39 is 17.8 Å². The molecular weight excluding hydrogens is 374 g/mol. The first-order valence-corrected chi connectivity index (χ1v) is 9.33. The molecule has 3 aromatic rings. The number of nitrogens with two attached hydrogens (primary N) is 1. The molecule has 0 saturated carbocycles. The Hall–Kier alpha value is -2.78. The van der Waals surface area contributed by atoms with Gasteiger partial charge in [-0.1, -0.05) is 12.1 Å². The number of thiophene rings is 1. The van der Waals surface area contributed by atoms with Gasteiger partial charge in [0.15, 0.2) is 5.01 Å². The molecule has 9 heteroatoms. The van der Waals surface area contributed by atoms with Crippen LogP contribution in [0, 0.1) is 6.92 Å². The molecule has 0 unspecified atom stereocenters. The third kappa shape index (κ3) is 3.31. The predicted octanol–water partition coefficient (Wildman–Crippen LogP) is 3.19. The van der Waals surface area contributed by atoms with E-state index in [1.54, 1.807) is 13.8 Å². The molecule has 0 atom stereocenters. The summed E-state index contributed by atoms with van der Waals surface area (Å²) in [6, 6.07) is 7.38. The van der Waals surface area contributed by atoms with Gasteiger partial charge in [-0.05, 0) is 31.5 Å². The molecule has 2 heterocycles. The molecular formula is C17H15N3O4S2. The van der Waals surface area contributed by atoms with Crippen molar-refractivity contribution in [3.05, 3.63) is 45.3 Å². The van der Waals surface area contributed by atoms with Crippen molar-refractivity contribution >= 4 is 55.7 Å². The number of amides is 2. The van der Waals surface area contributed by atoms with Crippen molar-refractivity contribution in [2.45, 2.75) is 13.8 Å². The van der Waals surface area contributed by atoms with Crippen LogP contribution in [0.3, 0.4) is 0 Å². The molecule has 3 N–H and O–H groups in total. The Kier molecular flexibility index (Phi) is 5.01. The van der Waals surface area contributed by atoms with Crippen molar-refractivity contribution in [1.29, 1.82) is 0 Å². The Bertz CT molecular complexity index is 989. The molecule has 26 heavy (non-hydrogen) atoms. The Labute approximate surface area is 156 Å². The van der Waals surface area contributed by atoms with E-state index in [-0.39, 0.29) is 27.1 Å². The zero-order chi connectivity index (χ0) is 18.8. The SMILES string of the molecule is CCOC(=O)c1sc(NC(=O)c2nc3ccccc3s2)c(C(N)=O)c1C. The highest BCUT2D eigenvalue weighted by Gasteiger charge is 2.26. The molecule has 0 aliphatic heterocycles. The molecule has 0 aliphatic carbocycles. The van der Waals surface area contributed by atoms with Gasteiger partial charge < -0.3 is 15.8 Å². The summed E-state index contributed by atoms with van der Waals surface area (Å²) in [5, 5.41) is 3.11. The minimum absolute atomic E-state index is 0.104. The molecule has 0 spiro atoms. The maximum atomic E-state index is 12.5. The predicted molar refractivity (Wildman–Crippen MR) is 101 cm³/mol. The molecule has 3 rings (SSSR count). The quantitative estimate of drug-likeness (QED) is 0.651. The first kappa shape index (κ1) is 18.0. The largest absolute Gasteiger partial charge is 0.462 e. The van der Waals surface area contributed by atoms with Gasteiger partial charge in [0.25, 0.3) is 11.8 Å². The van der Waals surface area contributed by atoms with Crippen LogP contribution in [0.4, 0.5) is 5.00 Å². The fourth-order valence-corrected chi connectivity index (χ4v) is 4.38. The molecule has 0 aliphatic rings. The number of thiazole rings is 1. The van der Waals surface area contributed by atoms with Gasteiger partial charge in [-0.3, -0.25) is 9.59 Å². The number of esters is 1. The number of benzene rings is 1. The van der Waals surface area contributed by atoms with Gasteiger partial charge in [-0.2, -0.15) is 0 Å². The van der Waals surface area contributed by atoms with Crippen molar-refractivity contribution < 1.29 is 19.1 Å². The summed E-state index contributed by atoms with van der Waals surface area (Å²) >= 11 is 2.20. The summed E-state index contributed by atoms with van der Waals surface area (Å²) in [7, 11) is 0. The number of hydrogen-bond donors (Lipinski definition) is 2. The van der Waals surface area contributed by atoms with Gasteiger partial charge in [0, 0.05) is 0 Å².